The number of fused-ring (bicyclic) bond motifs is 1. The average molecular weight is 449 g/mol. The third-order valence-electron chi connectivity index (χ3n) is 7.78. The maximum atomic E-state index is 12.6. The zero-order valence-corrected chi connectivity index (χ0v) is 19.8. The van der Waals surface area contributed by atoms with Crippen LogP contribution in [0, 0.1) is 5.41 Å². The fourth-order valence-corrected chi connectivity index (χ4v) is 5.49. The van der Waals surface area contributed by atoms with Crippen LogP contribution in [0.15, 0.2) is 42.5 Å². The van der Waals surface area contributed by atoms with Crippen LogP contribution in [0.25, 0.3) is 0 Å². The van der Waals surface area contributed by atoms with Crippen LogP contribution in [0.3, 0.4) is 0 Å². The highest BCUT2D eigenvalue weighted by Gasteiger charge is 2.49. The number of benzene rings is 2. The Bertz CT molecular complexity index is 965. The van der Waals surface area contributed by atoms with Crippen molar-refractivity contribution in [1.29, 1.82) is 0 Å². The zero-order valence-electron chi connectivity index (χ0n) is 19.8. The van der Waals surface area contributed by atoms with Crippen molar-refractivity contribution in [1.82, 2.24) is 10.2 Å². The van der Waals surface area contributed by atoms with Crippen LogP contribution >= 0.6 is 0 Å². The molecule has 0 unspecified atom stereocenters. The minimum atomic E-state index is 0.0885. The molecule has 3 aliphatic rings. The van der Waals surface area contributed by atoms with E-state index in [4.69, 9.17) is 9.47 Å². The van der Waals surface area contributed by atoms with Crippen molar-refractivity contribution in [3.8, 4) is 11.5 Å². The van der Waals surface area contributed by atoms with E-state index in [0.717, 1.165) is 23.5 Å². The lowest BCUT2D eigenvalue weighted by atomic mass is 9.81. The normalized spacial score (nSPS) is 19.8. The van der Waals surface area contributed by atoms with Gasteiger partial charge < -0.3 is 19.7 Å². The second-order valence-corrected chi connectivity index (χ2v) is 10.0. The number of rotatable bonds is 9. The highest BCUT2D eigenvalue weighted by Crippen LogP contribution is 2.57. The van der Waals surface area contributed by atoms with Crippen molar-refractivity contribution in [2.45, 2.75) is 57.9 Å². The Morgan fingerprint density at radius 2 is 1.76 bits per heavy atom. The molecule has 1 atom stereocenters. The molecule has 0 aromatic heterocycles. The molecule has 5 nitrogen and oxygen atoms in total. The second-order valence-electron chi connectivity index (χ2n) is 10.0. The number of hydrogen-bond acceptors (Lipinski definition) is 4. The lowest BCUT2D eigenvalue weighted by Gasteiger charge is -2.31. The van der Waals surface area contributed by atoms with Crippen LogP contribution in [0.2, 0.25) is 0 Å². The lowest BCUT2D eigenvalue weighted by Crippen LogP contribution is -2.31. The molecule has 1 amide bonds. The standard InChI is InChI=1S/C28H36N2O3/c1-21(28(11-12-28)20-30-13-5-6-14-30)24-18-26-25(32-15-16-33-26)17-23(24)19-29-27(31)10-9-22-7-3-2-4-8-22/h2-4,7-8,17-18,21H,5-6,9-16,19-20H2,1H3,(H,29,31)/t21-/m1/s1. The molecular weight excluding hydrogens is 412 g/mol. The summed E-state index contributed by atoms with van der Waals surface area (Å²) in [4.78, 5) is 15.3. The quantitative estimate of drug-likeness (QED) is 0.605. The summed E-state index contributed by atoms with van der Waals surface area (Å²) in [7, 11) is 0. The Hall–Kier alpha value is -2.53. The Labute approximate surface area is 197 Å². The largest absolute Gasteiger partial charge is 0.486 e. The summed E-state index contributed by atoms with van der Waals surface area (Å²) in [6.07, 6.45) is 6.47. The molecule has 5 heteroatoms. The molecule has 2 aliphatic heterocycles. The van der Waals surface area contributed by atoms with Crippen molar-refractivity contribution in [2.24, 2.45) is 5.41 Å². The lowest BCUT2D eigenvalue weighted by molar-refractivity contribution is -0.121. The van der Waals surface area contributed by atoms with Crippen LogP contribution in [0.1, 0.15) is 61.6 Å². The van der Waals surface area contributed by atoms with Gasteiger partial charge in [-0.1, -0.05) is 37.3 Å². The molecule has 2 fully saturated rings. The molecule has 1 N–H and O–H groups in total. The van der Waals surface area contributed by atoms with E-state index < -0.39 is 0 Å². The summed E-state index contributed by atoms with van der Waals surface area (Å²) in [5.41, 5.74) is 4.01. The summed E-state index contributed by atoms with van der Waals surface area (Å²) in [6.45, 7) is 7.73. The van der Waals surface area contributed by atoms with Gasteiger partial charge in [-0.3, -0.25) is 4.79 Å². The second kappa shape index (κ2) is 9.76. The van der Waals surface area contributed by atoms with Crippen LogP contribution in [0.4, 0.5) is 0 Å². The molecule has 1 saturated carbocycles. The van der Waals surface area contributed by atoms with E-state index in [2.05, 4.69) is 41.4 Å². The van der Waals surface area contributed by atoms with Gasteiger partial charge in [0.15, 0.2) is 11.5 Å². The van der Waals surface area contributed by atoms with Crippen molar-refractivity contribution in [2.75, 3.05) is 32.8 Å². The number of likely N-dealkylation sites (tertiary alicyclic amines) is 1. The number of carbonyl (C=O) groups is 1. The topological polar surface area (TPSA) is 50.8 Å². The van der Waals surface area contributed by atoms with E-state index >= 15 is 0 Å². The molecule has 2 aromatic rings. The van der Waals surface area contributed by atoms with Gasteiger partial charge in [-0.05, 0) is 85.3 Å². The van der Waals surface area contributed by atoms with Gasteiger partial charge in [-0.15, -0.1) is 0 Å². The maximum absolute atomic E-state index is 12.6. The number of nitrogens with zero attached hydrogens (tertiary/aromatic N) is 1. The van der Waals surface area contributed by atoms with E-state index in [1.807, 2.05) is 18.2 Å². The zero-order chi connectivity index (χ0) is 22.7. The first-order valence-electron chi connectivity index (χ1n) is 12.6. The van der Waals surface area contributed by atoms with E-state index in [0.29, 0.717) is 37.5 Å². The summed E-state index contributed by atoms with van der Waals surface area (Å²) >= 11 is 0. The van der Waals surface area contributed by atoms with Gasteiger partial charge in [0.2, 0.25) is 5.91 Å². The van der Waals surface area contributed by atoms with E-state index in [-0.39, 0.29) is 5.91 Å². The van der Waals surface area contributed by atoms with Crippen molar-refractivity contribution < 1.29 is 14.3 Å². The predicted octanol–water partition coefficient (Wildman–Crippen LogP) is 4.69. The number of hydrogen-bond donors (Lipinski definition) is 1. The van der Waals surface area contributed by atoms with Crippen LogP contribution in [-0.2, 0) is 17.8 Å². The number of amides is 1. The monoisotopic (exact) mass is 448 g/mol. The van der Waals surface area contributed by atoms with Gasteiger partial charge in [-0.25, -0.2) is 0 Å². The molecule has 176 valence electrons. The van der Waals surface area contributed by atoms with Crippen LogP contribution < -0.4 is 14.8 Å². The molecule has 2 heterocycles. The first kappa shape index (κ1) is 22.3. The number of nitrogens with one attached hydrogen (secondary N) is 1. The summed E-state index contributed by atoms with van der Waals surface area (Å²) in [6, 6.07) is 14.5. The van der Waals surface area contributed by atoms with Crippen molar-refractivity contribution in [3.63, 3.8) is 0 Å². The minimum absolute atomic E-state index is 0.0885. The van der Waals surface area contributed by atoms with Crippen LogP contribution in [0.5, 0.6) is 11.5 Å². The fraction of sp³-hybridized carbons (Fsp3) is 0.536. The molecule has 2 aromatic carbocycles. The van der Waals surface area contributed by atoms with Gasteiger partial charge >= 0.3 is 0 Å². The Morgan fingerprint density at radius 1 is 1.06 bits per heavy atom. The van der Waals surface area contributed by atoms with E-state index in [9.17, 15) is 4.79 Å². The predicted molar refractivity (Wildman–Crippen MR) is 130 cm³/mol. The Balaban J connectivity index is 1.30. The number of carbonyl (C=O) groups excluding carboxylic acids is 1. The molecule has 0 radical (unpaired) electrons. The molecule has 1 saturated heterocycles. The Morgan fingerprint density at radius 3 is 2.45 bits per heavy atom. The first-order chi connectivity index (χ1) is 16.1. The highest BCUT2D eigenvalue weighted by molar-refractivity contribution is 5.76. The number of aryl methyl sites for hydroxylation is 1. The van der Waals surface area contributed by atoms with Gasteiger partial charge in [-0.2, -0.15) is 0 Å². The van der Waals surface area contributed by atoms with Gasteiger partial charge in [0.1, 0.15) is 13.2 Å². The van der Waals surface area contributed by atoms with E-state index in [1.165, 1.54) is 56.4 Å². The minimum Gasteiger partial charge on any atom is -0.486 e. The van der Waals surface area contributed by atoms with Crippen LogP contribution in [-0.4, -0.2) is 43.7 Å². The highest BCUT2D eigenvalue weighted by atomic mass is 16.6. The molecule has 33 heavy (non-hydrogen) atoms. The van der Waals surface area contributed by atoms with Gasteiger partial charge in [0.05, 0.1) is 0 Å². The van der Waals surface area contributed by atoms with E-state index in [1.54, 1.807) is 0 Å². The smallest absolute Gasteiger partial charge is 0.220 e. The van der Waals surface area contributed by atoms with Crippen molar-refractivity contribution >= 4 is 5.91 Å². The summed E-state index contributed by atoms with van der Waals surface area (Å²) in [5, 5.41) is 3.17. The molecule has 0 bridgehead atoms. The van der Waals surface area contributed by atoms with Gasteiger partial charge in [0.25, 0.3) is 0 Å². The fourth-order valence-electron chi connectivity index (χ4n) is 5.49. The summed E-state index contributed by atoms with van der Waals surface area (Å²) in [5.74, 6) is 2.16. The third kappa shape index (κ3) is 5.19. The SMILES string of the molecule is C[C@H](c1cc2c(cc1CNC(=O)CCc1ccccc1)OCCO2)C1(CN2CCCC2)CC1. The maximum Gasteiger partial charge on any atom is 0.220 e. The molecule has 5 rings (SSSR count). The first-order valence-corrected chi connectivity index (χ1v) is 12.6. The average Bonchev–Trinajstić information content (AvgIpc) is 3.45. The molecule has 1 aliphatic carbocycles. The Kier molecular flexibility index (Phi) is 6.59. The van der Waals surface area contributed by atoms with Gasteiger partial charge in [0, 0.05) is 19.5 Å². The third-order valence-corrected chi connectivity index (χ3v) is 7.78. The summed E-state index contributed by atoms with van der Waals surface area (Å²) < 4.78 is 11.8. The number of ether oxygens (including phenoxy) is 2. The molecule has 0 spiro atoms. The molecular formula is C28H36N2O3. The van der Waals surface area contributed by atoms with Crippen molar-refractivity contribution in [3.05, 3.63) is 59.2 Å².